The summed E-state index contributed by atoms with van der Waals surface area (Å²) in [6, 6.07) is 6.39. The molecular weight excluding hydrogens is 352 g/mol. The third kappa shape index (κ3) is 6.48. The molecule has 0 amide bonds. The van der Waals surface area contributed by atoms with Gasteiger partial charge >= 0.3 is 0 Å². The van der Waals surface area contributed by atoms with Gasteiger partial charge in [0.15, 0.2) is 5.78 Å². The fraction of sp³-hybridized carbons (Fsp3) is 0.467. The van der Waals surface area contributed by atoms with E-state index in [1.807, 2.05) is 25.7 Å². The van der Waals surface area contributed by atoms with E-state index in [0.29, 0.717) is 15.6 Å². The molecule has 0 saturated carbocycles. The monoisotopic (exact) mass is 374 g/mol. The van der Waals surface area contributed by atoms with Gasteiger partial charge in [0, 0.05) is 24.3 Å². The van der Waals surface area contributed by atoms with Crippen LogP contribution in [0.25, 0.3) is 0 Å². The molecule has 0 aromatic heterocycles. The van der Waals surface area contributed by atoms with Crippen molar-refractivity contribution in [3.63, 3.8) is 0 Å². The summed E-state index contributed by atoms with van der Waals surface area (Å²) in [5, 5.41) is -0.295. The van der Waals surface area contributed by atoms with Crippen LogP contribution in [0.15, 0.2) is 24.3 Å². The van der Waals surface area contributed by atoms with Gasteiger partial charge in [-0.05, 0) is 45.0 Å². The molecule has 0 radical (unpaired) electrons. The zero-order valence-electron chi connectivity index (χ0n) is 13.7. The van der Waals surface area contributed by atoms with Crippen LogP contribution in [0.5, 0.6) is 0 Å². The van der Waals surface area contributed by atoms with Crippen LogP contribution in [0.4, 0.5) is 5.69 Å². The Kier molecular flexibility index (Phi) is 7.50. The SMILES string of the molecule is CCN(CC)C(=S)S[C@H](C)C(=O)c1ccc(NS(C)(=O)=O)cc1. The highest BCUT2D eigenvalue weighted by molar-refractivity contribution is 8.23. The molecule has 23 heavy (non-hydrogen) atoms. The first-order chi connectivity index (χ1) is 10.7. The molecule has 1 aromatic rings. The third-order valence-electron chi connectivity index (χ3n) is 3.14. The largest absolute Gasteiger partial charge is 0.358 e. The van der Waals surface area contributed by atoms with E-state index in [-0.39, 0.29) is 11.0 Å². The highest BCUT2D eigenvalue weighted by Gasteiger charge is 2.19. The lowest BCUT2D eigenvalue weighted by Crippen LogP contribution is -2.29. The number of nitrogens with one attached hydrogen (secondary N) is 1. The molecule has 0 heterocycles. The number of carbonyl (C=O) groups is 1. The van der Waals surface area contributed by atoms with Gasteiger partial charge < -0.3 is 4.90 Å². The fourth-order valence-electron chi connectivity index (χ4n) is 1.91. The first-order valence-corrected chi connectivity index (χ1v) is 10.4. The summed E-state index contributed by atoms with van der Waals surface area (Å²) in [6.45, 7) is 7.50. The summed E-state index contributed by atoms with van der Waals surface area (Å²) in [4.78, 5) is 14.5. The molecule has 0 saturated heterocycles. The van der Waals surface area contributed by atoms with Gasteiger partial charge in [-0.1, -0.05) is 24.0 Å². The Morgan fingerprint density at radius 3 is 2.22 bits per heavy atom. The Balaban J connectivity index is 2.75. The average Bonchev–Trinajstić information content (AvgIpc) is 2.46. The molecule has 0 spiro atoms. The average molecular weight is 375 g/mol. The van der Waals surface area contributed by atoms with Crippen LogP contribution in [0, 0.1) is 0 Å². The van der Waals surface area contributed by atoms with Gasteiger partial charge in [-0.25, -0.2) is 8.42 Å². The van der Waals surface area contributed by atoms with Gasteiger partial charge in [0.25, 0.3) is 0 Å². The molecule has 0 aliphatic heterocycles. The molecule has 1 N–H and O–H groups in total. The topological polar surface area (TPSA) is 66.5 Å². The van der Waals surface area contributed by atoms with Gasteiger partial charge in [0.05, 0.1) is 11.5 Å². The van der Waals surface area contributed by atoms with Crippen LogP contribution in [0.2, 0.25) is 0 Å². The molecule has 1 aromatic carbocycles. The standard InChI is InChI=1S/C15H22N2O3S3/c1-5-17(6-2)15(21)22-11(3)14(18)12-7-9-13(10-8-12)16-23(4,19)20/h7-11,16H,5-6H2,1-4H3/t11-/m1/s1. The molecule has 1 rings (SSSR count). The smallest absolute Gasteiger partial charge is 0.229 e. The summed E-state index contributed by atoms with van der Waals surface area (Å²) in [6.07, 6.45) is 1.08. The van der Waals surface area contributed by atoms with Crippen LogP contribution in [0.1, 0.15) is 31.1 Å². The molecule has 128 valence electrons. The molecule has 0 fully saturated rings. The van der Waals surface area contributed by atoms with Crippen LogP contribution in [-0.4, -0.2) is 48.0 Å². The quantitative estimate of drug-likeness (QED) is 0.585. The van der Waals surface area contributed by atoms with E-state index >= 15 is 0 Å². The predicted octanol–water partition coefficient (Wildman–Crippen LogP) is 2.99. The molecule has 0 aliphatic rings. The van der Waals surface area contributed by atoms with Crippen molar-refractivity contribution < 1.29 is 13.2 Å². The number of ketones is 1. The zero-order valence-corrected chi connectivity index (χ0v) is 16.1. The van der Waals surface area contributed by atoms with Crippen molar-refractivity contribution in [1.82, 2.24) is 4.90 Å². The minimum absolute atomic E-state index is 0.0320. The number of anilines is 1. The Bertz CT molecular complexity index is 653. The van der Waals surface area contributed by atoms with Crippen LogP contribution in [-0.2, 0) is 10.0 Å². The van der Waals surface area contributed by atoms with E-state index in [4.69, 9.17) is 12.2 Å². The second-order valence-electron chi connectivity index (χ2n) is 5.01. The van der Waals surface area contributed by atoms with Crippen molar-refractivity contribution in [2.75, 3.05) is 24.1 Å². The number of thioether (sulfide) groups is 1. The maximum absolute atomic E-state index is 12.4. The minimum Gasteiger partial charge on any atom is -0.358 e. The summed E-state index contributed by atoms with van der Waals surface area (Å²) in [5.41, 5.74) is 0.967. The van der Waals surface area contributed by atoms with Crippen molar-refractivity contribution in [2.45, 2.75) is 26.0 Å². The molecule has 8 heteroatoms. The van der Waals surface area contributed by atoms with Gasteiger partial charge in [-0.15, -0.1) is 0 Å². The number of sulfonamides is 1. The van der Waals surface area contributed by atoms with Crippen molar-refractivity contribution in [3.05, 3.63) is 29.8 Å². The minimum atomic E-state index is -3.32. The van der Waals surface area contributed by atoms with Crippen LogP contribution in [0.3, 0.4) is 0 Å². The van der Waals surface area contributed by atoms with Crippen molar-refractivity contribution in [3.8, 4) is 0 Å². The number of Topliss-reactive ketones (excluding diaryl/α,β-unsaturated/α-hetero) is 1. The Morgan fingerprint density at radius 1 is 1.26 bits per heavy atom. The normalized spacial score (nSPS) is 12.5. The Labute approximate surface area is 147 Å². The van der Waals surface area contributed by atoms with E-state index in [1.54, 1.807) is 24.3 Å². The summed E-state index contributed by atoms with van der Waals surface area (Å²) >= 11 is 6.73. The second kappa shape index (κ2) is 8.65. The van der Waals surface area contributed by atoms with Crippen molar-refractivity contribution in [2.24, 2.45) is 0 Å². The van der Waals surface area contributed by atoms with Gasteiger partial charge in [-0.3, -0.25) is 9.52 Å². The number of nitrogens with zero attached hydrogens (tertiary/aromatic N) is 1. The first kappa shape index (κ1) is 19.9. The highest BCUT2D eigenvalue weighted by atomic mass is 32.2. The second-order valence-corrected chi connectivity index (χ2v) is 8.74. The molecule has 0 aliphatic carbocycles. The van der Waals surface area contributed by atoms with E-state index < -0.39 is 10.0 Å². The van der Waals surface area contributed by atoms with E-state index in [9.17, 15) is 13.2 Å². The number of thiocarbonyl (C=S) groups is 1. The van der Waals surface area contributed by atoms with E-state index in [2.05, 4.69) is 4.72 Å². The lowest BCUT2D eigenvalue weighted by molar-refractivity contribution is 0.0994. The zero-order chi connectivity index (χ0) is 17.6. The number of rotatable bonds is 7. The third-order valence-corrected chi connectivity index (χ3v) is 5.32. The maximum Gasteiger partial charge on any atom is 0.229 e. The summed E-state index contributed by atoms with van der Waals surface area (Å²) < 4.78 is 25.4. The van der Waals surface area contributed by atoms with Gasteiger partial charge in [-0.2, -0.15) is 0 Å². The molecular formula is C15H22N2O3S3. The maximum atomic E-state index is 12.4. The summed E-state index contributed by atoms with van der Waals surface area (Å²) in [5.74, 6) is -0.0320. The highest BCUT2D eigenvalue weighted by Crippen LogP contribution is 2.21. The summed E-state index contributed by atoms with van der Waals surface area (Å²) in [7, 11) is -3.32. The molecule has 5 nitrogen and oxygen atoms in total. The van der Waals surface area contributed by atoms with Gasteiger partial charge in [0.1, 0.15) is 4.32 Å². The number of benzene rings is 1. The number of hydrogen-bond acceptors (Lipinski definition) is 5. The Hall–Kier alpha value is -1.12. The first-order valence-electron chi connectivity index (χ1n) is 7.25. The lowest BCUT2D eigenvalue weighted by atomic mass is 10.1. The van der Waals surface area contributed by atoms with Crippen molar-refractivity contribution in [1.29, 1.82) is 0 Å². The Morgan fingerprint density at radius 2 is 1.78 bits per heavy atom. The van der Waals surface area contributed by atoms with E-state index in [1.165, 1.54) is 11.8 Å². The molecule has 0 bridgehead atoms. The molecule has 0 unspecified atom stereocenters. The lowest BCUT2D eigenvalue weighted by Gasteiger charge is -2.22. The van der Waals surface area contributed by atoms with Crippen LogP contribution < -0.4 is 4.72 Å². The van der Waals surface area contributed by atoms with Gasteiger partial charge in [0.2, 0.25) is 10.0 Å². The number of carbonyl (C=O) groups excluding carboxylic acids is 1. The van der Waals surface area contributed by atoms with E-state index in [0.717, 1.165) is 19.3 Å². The predicted molar refractivity (Wildman–Crippen MR) is 102 cm³/mol. The number of hydrogen-bond donors (Lipinski definition) is 1. The molecule has 1 atom stereocenters. The van der Waals surface area contributed by atoms with Crippen LogP contribution >= 0.6 is 24.0 Å². The van der Waals surface area contributed by atoms with Crippen molar-refractivity contribution >= 4 is 49.8 Å². The fourth-order valence-corrected chi connectivity index (χ4v) is 4.12.